The van der Waals surface area contributed by atoms with Crippen molar-refractivity contribution < 1.29 is 13.9 Å². The van der Waals surface area contributed by atoms with Gasteiger partial charge in [-0.1, -0.05) is 30.3 Å². The van der Waals surface area contributed by atoms with E-state index in [2.05, 4.69) is 22.3 Å². The lowest BCUT2D eigenvalue weighted by atomic mass is 9.86. The van der Waals surface area contributed by atoms with Gasteiger partial charge in [-0.3, -0.25) is 4.90 Å². The van der Waals surface area contributed by atoms with Gasteiger partial charge in [-0.2, -0.15) is 0 Å². The molecular weight excluding hydrogens is 355 g/mol. The first-order chi connectivity index (χ1) is 13.7. The lowest BCUT2D eigenvalue weighted by Gasteiger charge is -2.43. The van der Waals surface area contributed by atoms with Crippen molar-refractivity contribution in [3.05, 3.63) is 59.4 Å². The van der Waals surface area contributed by atoms with E-state index in [0.717, 1.165) is 62.0 Å². The Morgan fingerprint density at radius 3 is 2.64 bits per heavy atom. The Morgan fingerprint density at radius 2 is 1.89 bits per heavy atom. The maximum Gasteiger partial charge on any atom is 0.407 e. The minimum atomic E-state index is -0.300. The molecular formula is C23H25FN2O2. The number of carbonyl (C=O) groups excluding carboxylic acids is 1. The lowest BCUT2D eigenvalue weighted by Crippen LogP contribution is -2.52. The van der Waals surface area contributed by atoms with Gasteiger partial charge in [-0.15, -0.1) is 0 Å². The fraction of sp³-hybridized carbons (Fsp3) is 0.435. The SMILES string of the molecule is O=C(NC1CCc2cc(-c3cccc(F)c3)ccc21)O[C@H]1CN2CCC1CC2. The molecule has 2 aromatic rings. The van der Waals surface area contributed by atoms with Crippen LogP contribution in [-0.2, 0) is 11.2 Å². The second kappa shape index (κ2) is 7.21. The van der Waals surface area contributed by atoms with Crippen LogP contribution in [0.1, 0.15) is 36.4 Å². The number of hydrogen-bond donors (Lipinski definition) is 1. The topological polar surface area (TPSA) is 41.6 Å². The maximum absolute atomic E-state index is 13.5. The van der Waals surface area contributed by atoms with Crippen LogP contribution in [0, 0.1) is 11.7 Å². The van der Waals surface area contributed by atoms with E-state index in [9.17, 15) is 9.18 Å². The summed E-state index contributed by atoms with van der Waals surface area (Å²) in [6.07, 6.45) is 3.77. The molecule has 2 bridgehead atoms. The highest BCUT2D eigenvalue weighted by molar-refractivity contribution is 5.70. The number of rotatable bonds is 3. The Bertz CT molecular complexity index is 892. The van der Waals surface area contributed by atoms with Crippen molar-refractivity contribution >= 4 is 6.09 Å². The molecule has 1 N–H and O–H groups in total. The Balaban J connectivity index is 1.26. The minimum absolute atomic E-state index is 0.00913. The van der Waals surface area contributed by atoms with E-state index < -0.39 is 0 Å². The molecule has 0 aromatic heterocycles. The molecule has 2 aromatic carbocycles. The molecule has 3 fully saturated rings. The normalized spacial score (nSPS) is 28.0. The zero-order valence-electron chi connectivity index (χ0n) is 15.9. The molecule has 3 aliphatic heterocycles. The van der Waals surface area contributed by atoms with Crippen LogP contribution >= 0.6 is 0 Å². The van der Waals surface area contributed by atoms with Gasteiger partial charge < -0.3 is 10.1 Å². The molecule has 1 unspecified atom stereocenters. The van der Waals surface area contributed by atoms with Gasteiger partial charge in [-0.25, -0.2) is 9.18 Å². The standard InChI is InChI=1S/C23H25FN2O2/c24-19-3-1-2-16(13-19)17-4-6-20-18(12-17)5-7-21(20)25-23(27)28-22-14-26-10-8-15(22)9-11-26/h1-4,6,12-13,15,21-22H,5,7-11,14H2,(H,25,27)/t21?,22-/m0/s1. The Morgan fingerprint density at radius 1 is 1.07 bits per heavy atom. The highest BCUT2D eigenvalue weighted by Gasteiger charge is 2.37. The number of hydrogen-bond acceptors (Lipinski definition) is 3. The minimum Gasteiger partial charge on any atom is -0.445 e. The van der Waals surface area contributed by atoms with Crippen molar-refractivity contribution in [1.29, 1.82) is 0 Å². The van der Waals surface area contributed by atoms with Gasteiger partial charge in [0.25, 0.3) is 0 Å². The zero-order chi connectivity index (χ0) is 19.1. The van der Waals surface area contributed by atoms with E-state index in [0.29, 0.717) is 5.92 Å². The summed E-state index contributed by atoms with van der Waals surface area (Å²) in [5.41, 5.74) is 4.25. The van der Waals surface area contributed by atoms with Crippen molar-refractivity contribution in [2.75, 3.05) is 19.6 Å². The summed E-state index contributed by atoms with van der Waals surface area (Å²) in [6.45, 7) is 3.14. The Hall–Kier alpha value is -2.40. The number of amides is 1. The molecule has 4 nitrogen and oxygen atoms in total. The van der Waals surface area contributed by atoms with Crippen molar-refractivity contribution in [2.45, 2.75) is 37.8 Å². The van der Waals surface area contributed by atoms with E-state index in [1.54, 1.807) is 12.1 Å². The number of benzene rings is 2. The molecule has 0 spiro atoms. The summed E-state index contributed by atoms with van der Waals surface area (Å²) in [5, 5.41) is 3.07. The zero-order valence-corrected chi connectivity index (χ0v) is 15.9. The van der Waals surface area contributed by atoms with Gasteiger partial charge in [0, 0.05) is 6.54 Å². The van der Waals surface area contributed by atoms with Crippen molar-refractivity contribution in [3.8, 4) is 11.1 Å². The van der Waals surface area contributed by atoms with Crippen LogP contribution in [0.25, 0.3) is 11.1 Å². The average Bonchev–Trinajstić information content (AvgIpc) is 3.11. The number of ether oxygens (including phenoxy) is 1. The third-order valence-electron chi connectivity index (χ3n) is 6.53. The van der Waals surface area contributed by atoms with E-state index in [1.807, 2.05) is 12.1 Å². The maximum atomic E-state index is 13.5. The predicted octanol–water partition coefficient (Wildman–Crippen LogP) is 4.30. The monoisotopic (exact) mass is 380 g/mol. The summed E-state index contributed by atoms with van der Waals surface area (Å²) in [7, 11) is 0. The summed E-state index contributed by atoms with van der Waals surface area (Å²) in [5.74, 6) is 0.286. The molecule has 4 aliphatic rings. The quantitative estimate of drug-likeness (QED) is 0.863. The van der Waals surface area contributed by atoms with Crippen LogP contribution in [0.15, 0.2) is 42.5 Å². The molecule has 28 heavy (non-hydrogen) atoms. The molecule has 1 amide bonds. The molecule has 1 aliphatic carbocycles. The second-order valence-electron chi connectivity index (χ2n) is 8.24. The van der Waals surface area contributed by atoms with Gasteiger partial charge in [0.1, 0.15) is 11.9 Å². The number of carbonyl (C=O) groups is 1. The smallest absolute Gasteiger partial charge is 0.407 e. The van der Waals surface area contributed by atoms with E-state index in [4.69, 9.17) is 4.74 Å². The molecule has 146 valence electrons. The molecule has 5 heteroatoms. The summed E-state index contributed by atoms with van der Waals surface area (Å²) in [6, 6.07) is 12.8. The lowest BCUT2D eigenvalue weighted by molar-refractivity contribution is -0.0339. The van der Waals surface area contributed by atoms with Crippen LogP contribution in [0.3, 0.4) is 0 Å². The number of nitrogens with one attached hydrogen (secondary N) is 1. The first-order valence-electron chi connectivity index (χ1n) is 10.2. The molecule has 3 saturated heterocycles. The highest BCUT2D eigenvalue weighted by atomic mass is 19.1. The largest absolute Gasteiger partial charge is 0.445 e. The van der Waals surface area contributed by atoms with Gasteiger partial charge >= 0.3 is 6.09 Å². The molecule has 2 atom stereocenters. The molecule has 6 rings (SSSR count). The fourth-order valence-corrected chi connectivity index (χ4v) is 4.97. The molecule has 3 heterocycles. The van der Waals surface area contributed by atoms with Crippen molar-refractivity contribution in [3.63, 3.8) is 0 Å². The summed E-state index contributed by atoms with van der Waals surface area (Å²) >= 11 is 0. The Labute approximate surface area is 164 Å². The number of nitrogens with zero attached hydrogens (tertiary/aromatic N) is 1. The number of fused-ring (bicyclic) bond motifs is 4. The van der Waals surface area contributed by atoms with E-state index in [1.165, 1.54) is 11.6 Å². The summed E-state index contributed by atoms with van der Waals surface area (Å²) in [4.78, 5) is 14.9. The van der Waals surface area contributed by atoms with Gasteiger partial charge in [-0.05, 0) is 79.1 Å². The third kappa shape index (κ3) is 3.39. The Kier molecular flexibility index (Phi) is 4.55. The predicted molar refractivity (Wildman–Crippen MR) is 105 cm³/mol. The van der Waals surface area contributed by atoms with Crippen LogP contribution in [0.5, 0.6) is 0 Å². The fourth-order valence-electron chi connectivity index (χ4n) is 4.97. The first-order valence-corrected chi connectivity index (χ1v) is 10.2. The molecule has 0 saturated carbocycles. The van der Waals surface area contributed by atoms with Crippen LogP contribution in [0.4, 0.5) is 9.18 Å². The van der Waals surface area contributed by atoms with Crippen molar-refractivity contribution in [1.82, 2.24) is 10.2 Å². The number of piperidine rings is 3. The molecule has 0 radical (unpaired) electrons. The van der Waals surface area contributed by atoms with Crippen LogP contribution < -0.4 is 5.32 Å². The van der Waals surface area contributed by atoms with E-state index >= 15 is 0 Å². The van der Waals surface area contributed by atoms with Crippen molar-refractivity contribution in [2.24, 2.45) is 5.92 Å². The average molecular weight is 380 g/mol. The number of halogens is 1. The number of alkyl carbamates (subject to hydrolysis) is 1. The summed E-state index contributed by atoms with van der Waals surface area (Å²) < 4.78 is 19.3. The highest BCUT2D eigenvalue weighted by Crippen LogP contribution is 2.35. The van der Waals surface area contributed by atoms with Gasteiger partial charge in [0.05, 0.1) is 6.04 Å². The van der Waals surface area contributed by atoms with Crippen LogP contribution in [0.2, 0.25) is 0 Å². The second-order valence-corrected chi connectivity index (χ2v) is 8.24. The number of aryl methyl sites for hydroxylation is 1. The van der Waals surface area contributed by atoms with E-state index in [-0.39, 0.29) is 24.1 Å². The van der Waals surface area contributed by atoms with Crippen LogP contribution in [-0.4, -0.2) is 36.7 Å². The first kappa shape index (κ1) is 17.7. The van der Waals surface area contributed by atoms with Gasteiger partial charge in [0.2, 0.25) is 0 Å². The third-order valence-corrected chi connectivity index (χ3v) is 6.53. The van der Waals surface area contributed by atoms with Gasteiger partial charge in [0.15, 0.2) is 0 Å².